The Morgan fingerprint density at radius 2 is 2.19 bits per heavy atom. The van der Waals surface area contributed by atoms with Gasteiger partial charge in [0.15, 0.2) is 0 Å². The molecular formula is C13H16N2O. The zero-order valence-corrected chi connectivity index (χ0v) is 9.66. The summed E-state index contributed by atoms with van der Waals surface area (Å²) in [6, 6.07) is 7.50. The molecule has 1 amide bonds. The summed E-state index contributed by atoms with van der Waals surface area (Å²) in [4.78, 5) is 11.7. The highest BCUT2D eigenvalue weighted by Gasteiger charge is 2.24. The molecule has 84 valence electrons. The molecule has 1 aromatic rings. The van der Waals surface area contributed by atoms with Gasteiger partial charge in [-0.25, -0.2) is 5.43 Å². The monoisotopic (exact) mass is 216 g/mol. The quantitative estimate of drug-likeness (QED) is 0.612. The average molecular weight is 216 g/mol. The van der Waals surface area contributed by atoms with Gasteiger partial charge in [0.2, 0.25) is 0 Å². The second kappa shape index (κ2) is 4.47. The smallest absolute Gasteiger partial charge is 0.267 e. The van der Waals surface area contributed by atoms with Crippen LogP contribution in [0.1, 0.15) is 35.7 Å². The molecule has 1 aliphatic rings. The maximum atomic E-state index is 11.7. The van der Waals surface area contributed by atoms with Gasteiger partial charge in [-0.2, -0.15) is 5.10 Å². The number of aryl methyl sites for hydroxylation is 1. The topological polar surface area (TPSA) is 41.5 Å². The highest BCUT2D eigenvalue weighted by Crippen LogP contribution is 2.30. The van der Waals surface area contributed by atoms with E-state index in [0.717, 1.165) is 11.3 Å². The first-order valence-corrected chi connectivity index (χ1v) is 5.58. The molecule has 3 nitrogen and oxygen atoms in total. The van der Waals surface area contributed by atoms with Crippen LogP contribution in [0.5, 0.6) is 0 Å². The Bertz CT molecular complexity index is 433. The van der Waals surface area contributed by atoms with Crippen molar-refractivity contribution in [1.82, 2.24) is 5.43 Å². The van der Waals surface area contributed by atoms with Crippen LogP contribution < -0.4 is 5.43 Å². The maximum Gasteiger partial charge on any atom is 0.271 e. The summed E-state index contributed by atoms with van der Waals surface area (Å²) < 4.78 is 0. The summed E-state index contributed by atoms with van der Waals surface area (Å²) in [5, 5.41) is 4.11. The third-order valence-electron chi connectivity index (χ3n) is 2.78. The Balaban J connectivity index is 2.00. The molecule has 1 aromatic carbocycles. The number of benzene rings is 1. The molecule has 0 aliphatic heterocycles. The fourth-order valence-electron chi connectivity index (χ4n) is 1.58. The van der Waals surface area contributed by atoms with Crippen molar-refractivity contribution >= 4 is 11.6 Å². The van der Waals surface area contributed by atoms with Gasteiger partial charge >= 0.3 is 0 Å². The number of hydrogen-bond acceptors (Lipinski definition) is 2. The molecule has 0 saturated heterocycles. The summed E-state index contributed by atoms with van der Waals surface area (Å²) in [6.45, 7) is 3.93. The number of hydrogen-bond donors (Lipinski definition) is 1. The van der Waals surface area contributed by atoms with E-state index in [1.54, 1.807) is 6.07 Å². The highest BCUT2D eigenvalue weighted by molar-refractivity contribution is 5.95. The number of nitrogens with one attached hydrogen (secondary N) is 1. The first-order chi connectivity index (χ1) is 7.66. The summed E-state index contributed by atoms with van der Waals surface area (Å²) in [6.07, 6.45) is 2.41. The molecule has 0 radical (unpaired) electrons. The first-order valence-electron chi connectivity index (χ1n) is 5.58. The van der Waals surface area contributed by atoms with Gasteiger partial charge in [0.05, 0.1) is 0 Å². The van der Waals surface area contributed by atoms with Crippen molar-refractivity contribution in [3.63, 3.8) is 0 Å². The second-order valence-corrected chi connectivity index (χ2v) is 4.34. The van der Waals surface area contributed by atoms with Gasteiger partial charge in [0.25, 0.3) is 5.91 Å². The maximum absolute atomic E-state index is 11.7. The minimum Gasteiger partial charge on any atom is -0.267 e. The number of carbonyl (C=O) groups excluding carboxylic acids is 1. The first kappa shape index (κ1) is 10.9. The van der Waals surface area contributed by atoms with E-state index in [9.17, 15) is 4.79 Å². The van der Waals surface area contributed by atoms with E-state index < -0.39 is 0 Å². The van der Waals surface area contributed by atoms with Crippen LogP contribution >= 0.6 is 0 Å². The number of amides is 1. The normalized spacial score (nSPS) is 16.0. The Morgan fingerprint density at radius 3 is 2.81 bits per heavy atom. The van der Waals surface area contributed by atoms with Crippen LogP contribution in [-0.4, -0.2) is 11.6 Å². The molecule has 1 fully saturated rings. The van der Waals surface area contributed by atoms with Crippen molar-refractivity contribution in [2.75, 3.05) is 0 Å². The Kier molecular flexibility index (Phi) is 3.04. The molecule has 0 aromatic heterocycles. The number of hydrazone groups is 1. The van der Waals surface area contributed by atoms with Gasteiger partial charge < -0.3 is 0 Å². The molecule has 3 heteroatoms. The zero-order valence-electron chi connectivity index (χ0n) is 9.66. The van der Waals surface area contributed by atoms with Gasteiger partial charge in [-0.3, -0.25) is 4.79 Å². The van der Waals surface area contributed by atoms with Crippen molar-refractivity contribution in [2.45, 2.75) is 26.7 Å². The molecule has 0 atom stereocenters. The Labute approximate surface area is 95.6 Å². The predicted molar refractivity (Wildman–Crippen MR) is 64.5 cm³/mol. The standard InChI is InChI=1S/C13H16N2O/c1-9-4-3-5-12(8-9)13(16)15-14-10(2)11-6-7-11/h3-5,8,11H,6-7H2,1-2H3,(H,15,16). The van der Waals surface area contributed by atoms with Gasteiger partial charge in [-0.1, -0.05) is 17.7 Å². The molecular weight excluding hydrogens is 200 g/mol. The van der Waals surface area contributed by atoms with Gasteiger partial charge in [-0.15, -0.1) is 0 Å². The highest BCUT2D eigenvalue weighted by atomic mass is 16.2. The summed E-state index contributed by atoms with van der Waals surface area (Å²) in [5.74, 6) is 0.460. The van der Waals surface area contributed by atoms with E-state index in [-0.39, 0.29) is 5.91 Å². The SMILES string of the molecule is CC(=NNC(=O)c1cccc(C)c1)C1CC1. The Hall–Kier alpha value is -1.64. The molecule has 0 heterocycles. The van der Waals surface area contributed by atoms with Crippen LogP contribution in [0.4, 0.5) is 0 Å². The van der Waals surface area contributed by atoms with Crippen LogP contribution in [0.15, 0.2) is 29.4 Å². The van der Waals surface area contributed by atoms with Crippen molar-refractivity contribution in [1.29, 1.82) is 0 Å². The summed E-state index contributed by atoms with van der Waals surface area (Å²) in [5.41, 5.74) is 5.36. The zero-order chi connectivity index (χ0) is 11.5. The predicted octanol–water partition coefficient (Wildman–Crippen LogP) is 2.51. The van der Waals surface area contributed by atoms with Gasteiger partial charge in [-0.05, 0) is 44.7 Å². The fourth-order valence-corrected chi connectivity index (χ4v) is 1.58. The average Bonchev–Trinajstić information content (AvgIpc) is 3.09. The van der Waals surface area contributed by atoms with Crippen molar-refractivity contribution in [3.05, 3.63) is 35.4 Å². The molecule has 2 rings (SSSR count). The molecule has 1 aliphatic carbocycles. The lowest BCUT2D eigenvalue weighted by Gasteiger charge is -2.02. The molecule has 0 bridgehead atoms. The van der Waals surface area contributed by atoms with Crippen molar-refractivity contribution in [2.24, 2.45) is 11.0 Å². The van der Waals surface area contributed by atoms with E-state index in [1.165, 1.54) is 12.8 Å². The second-order valence-electron chi connectivity index (χ2n) is 4.34. The van der Waals surface area contributed by atoms with Gasteiger partial charge in [0.1, 0.15) is 0 Å². The van der Waals surface area contributed by atoms with Crippen molar-refractivity contribution < 1.29 is 4.79 Å². The van der Waals surface area contributed by atoms with Crippen molar-refractivity contribution in [3.8, 4) is 0 Å². The number of rotatable bonds is 3. The fraction of sp³-hybridized carbons (Fsp3) is 0.385. The molecule has 1 saturated carbocycles. The largest absolute Gasteiger partial charge is 0.271 e. The number of carbonyl (C=O) groups is 1. The molecule has 16 heavy (non-hydrogen) atoms. The molecule has 0 unspecified atom stereocenters. The van der Waals surface area contributed by atoms with E-state index in [2.05, 4.69) is 10.5 Å². The lowest BCUT2D eigenvalue weighted by Crippen LogP contribution is -2.19. The van der Waals surface area contributed by atoms with Crippen LogP contribution in [0.3, 0.4) is 0 Å². The van der Waals surface area contributed by atoms with Crippen LogP contribution in [0, 0.1) is 12.8 Å². The van der Waals surface area contributed by atoms with Crippen LogP contribution in [-0.2, 0) is 0 Å². The summed E-state index contributed by atoms with van der Waals surface area (Å²) >= 11 is 0. The minimum absolute atomic E-state index is 0.135. The van der Waals surface area contributed by atoms with Gasteiger partial charge in [0, 0.05) is 11.3 Å². The van der Waals surface area contributed by atoms with E-state index >= 15 is 0 Å². The summed E-state index contributed by atoms with van der Waals surface area (Å²) in [7, 11) is 0. The lowest BCUT2D eigenvalue weighted by atomic mass is 10.1. The van der Waals surface area contributed by atoms with E-state index in [0.29, 0.717) is 11.5 Å². The Morgan fingerprint density at radius 1 is 1.44 bits per heavy atom. The van der Waals surface area contributed by atoms with E-state index in [4.69, 9.17) is 0 Å². The third kappa shape index (κ3) is 2.69. The van der Waals surface area contributed by atoms with Crippen LogP contribution in [0.2, 0.25) is 0 Å². The lowest BCUT2D eigenvalue weighted by molar-refractivity contribution is 0.0954. The van der Waals surface area contributed by atoms with E-state index in [1.807, 2.05) is 32.0 Å². The molecule has 0 spiro atoms. The minimum atomic E-state index is -0.135. The van der Waals surface area contributed by atoms with Crippen LogP contribution in [0.25, 0.3) is 0 Å². The molecule has 1 N–H and O–H groups in total. The number of nitrogens with zero attached hydrogens (tertiary/aromatic N) is 1. The third-order valence-corrected chi connectivity index (χ3v) is 2.78.